The van der Waals surface area contributed by atoms with Crippen molar-refractivity contribution < 1.29 is 19.4 Å². The minimum Gasteiger partial charge on any atom is -0.415 e. The van der Waals surface area contributed by atoms with E-state index in [0.717, 1.165) is 17.7 Å². The number of hydrogen-bond acceptors (Lipinski definition) is 9. The molecule has 31 heavy (non-hydrogen) atoms. The number of nitrogens with zero attached hydrogens (tertiary/aromatic N) is 4. The van der Waals surface area contributed by atoms with E-state index in [1.165, 1.54) is 0 Å². The zero-order valence-corrected chi connectivity index (χ0v) is 17.0. The Morgan fingerprint density at radius 2 is 2.00 bits per heavy atom. The van der Waals surface area contributed by atoms with Gasteiger partial charge in [0.1, 0.15) is 5.69 Å². The maximum Gasteiger partial charge on any atom is 0.268 e. The molecular weight excluding hydrogens is 400 g/mol. The highest BCUT2D eigenvalue weighted by Gasteiger charge is 2.45. The standard InChI is InChI=1S/C21H24N6O4/c1-22-7-12-2-4-13(5-3-12)20-26-27-21(31-20)18-10-23-9-17(25-18)15-6-16(15)19(30)24-8-14(29)11-28/h2-5,9-10,14-16,22,28-29H,6-8,11H2,1H3,(H,24,30). The molecule has 0 radical (unpaired) electrons. The zero-order valence-electron chi connectivity index (χ0n) is 17.0. The topological polar surface area (TPSA) is 146 Å². The third-order valence-corrected chi connectivity index (χ3v) is 5.11. The van der Waals surface area contributed by atoms with Crippen LogP contribution in [0.4, 0.5) is 0 Å². The second-order valence-corrected chi connectivity index (χ2v) is 7.50. The van der Waals surface area contributed by atoms with E-state index in [2.05, 4.69) is 30.8 Å². The Balaban J connectivity index is 1.43. The van der Waals surface area contributed by atoms with Crippen LogP contribution in [0.2, 0.25) is 0 Å². The van der Waals surface area contributed by atoms with Gasteiger partial charge in [-0.1, -0.05) is 12.1 Å². The maximum atomic E-state index is 12.2. The Morgan fingerprint density at radius 3 is 2.74 bits per heavy atom. The van der Waals surface area contributed by atoms with Crippen LogP contribution in [0.25, 0.3) is 23.0 Å². The van der Waals surface area contributed by atoms with Crippen LogP contribution in [0.1, 0.15) is 23.6 Å². The van der Waals surface area contributed by atoms with E-state index in [0.29, 0.717) is 23.7 Å². The molecule has 1 aliphatic rings. The molecule has 2 aromatic heterocycles. The number of carbonyl (C=O) groups is 1. The fraction of sp³-hybridized carbons (Fsp3) is 0.381. The summed E-state index contributed by atoms with van der Waals surface area (Å²) in [5, 5.41) is 32.1. The molecule has 2 heterocycles. The van der Waals surface area contributed by atoms with Gasteiger partial charge in [-0.05, 0) is 31.2 Å². The third-order valence-electron chi connectivity index (χ3n) is 5.11. The molecule has 4 rings (SSSR count). The molecule has 1 amide bonds. The SMILES string of the molecule is CNCc1ccc(-c2nnc(-c3cncc(C4CC4C(=O)NCC(O)CO)n3)o2)cc1. The molecular formula is C21H24N6O4. The van der Waals surface area contributed by atoms with Gasteiger partial charge in [0.05, 0.1) is 24.6 Å². The largest absolute Gasteiger partial charge is 0.415 e. The van der Waals surface area contributed by atoms with Crippen LogP contribution in [-0.2, 0) is 11.3 Å². The lowest BCUT2D eigenvalue weighted by molar-refractivity contribution is -0.123. The van der Waals surface area contributed by atoms with Crippen molar-refractivity contribution in [3.05, 3.63) is 47.9 Å². The van der Waals surface area contributed by atoms with Crippen molar-refractivity contribution >= 4 is 5.91 Å². The Morgan fingerprint density at radius 1 is 1.23 bits per heavy atom. The van der Waals surface area contributed by atoms with Crippen LogP contribution >= 0.6 is 0 Å². The van der Waals surface area contributed by atoms with E-state index in [4.69, 9.17) is 9.52 Å². The van der Waals surface area contributed by atoms with E-state index in [1.807, 2.05) is 31.3 Å². The minimum atomic E-state index is -0.962. The molecule has 0 aliphatic heterocycles. The second-order valence-electron chi connectivity index (χ2n) is 7.50. The highest BCUT2D eigenvalue weighted by Crippen LogP contribution is 2.46. The molecule has 3 aromatic rings. The Kier molecular flexibility index (Phi) is 6.31. The molecule has 1 saturated carbocycles. The number of hydrogen-bond donors (Lipinski definition) is 4. The molecule has 10 nitrogen and oxygen atoms in total. The summed E-state index contributed by atoms with van der Waals surface area (Å²) in [6.07, 6.45) is 2.86. The van der Waals surface area contributed by atoms with Gasteiger partial charge in [-0.15, -0.1) is 10.2 Å². The number of benzene rings is 1. The summed E-state index contributed by atoms with van der Waals surface area (Å²) in [6.45, 7) is 0.402. The molecule has 0 bridgehead atoms. The van der Waals surface area contributed by atoms with E-state index in [-0.39, 0.29) is 30.2 Å². The third kappa shape index (κ3) is 4.93. The molecule has 3 atom stereocenters. The maximum absolute atomic E-state index is 12.2. The lowest BCUT2D eigenvalue weighted by Crippen LogP contribution is -2.35. The Labute approximate surface area is 178 Å². The van der Waals surface area contributed by atoms with Crippen molar-refractivity contribution in [1.29, 1.82) is 0 Å². The van der Waals surface area contributed by atoms with Gasteiger partial charge in [-0.3, -0.25) is 9.78 Å². The Hall–Kier alpha value is -3.21. The minimum absolute atomic E-state index is 0.0188. The van der Waals surface area contributed by atoms with Gasteiger partial charge in [0.15, 0.2) is 0 Å². The van der Waals surface area contributed by atoms with Crippen molar-refractivity contribution in [3.63, 3.8) is 0 Å². The number of aromatic nitrogens is 4. The van der Waals surface area contributed by atoms with Gasteiger partial charge in [0.25, 0.3) is 5.89 Å². The quantitative estimate of drug-likeness (QED) is 0.385. The van der Waals surface area contributed by atoms with Crippen molar-refractivity contribution in [2.45, 2.75) is 25.0 Å². The number of carbonyl (C=O) groups excluding carboxylic acids is 1. The number of aliphatic hydroxyl groups is 2. The number of aliphatic hydroxyl groups excluding tert-OH is 2. The van der Waals surface area contributed by atoms with Crippen LogP contribution in [0.15, 0.2) is 41.1 Å². The van der Waals surface area contributed by atoms with Gasteiger partial charge in [-0.2, -0.15) is 0 Å². The molecule has 0 spiro atoms. The summed E-state index contributed by atoms with van der Waals surface area (Å²) in [7, 11) is 1.89. The predicted octanol–water partition coefficient (Wildman–Crippen LogP) is 0.486. The fourth-order valence-electron chi connectivity index (χ4n) is 3.30. The number of amides is 1. The summed E-state index contributed by atoms with van der Waals surface area (Å²) in [6, 6.07) is 7.84. The molecule has 3 unspecified atom stereocenters. The summed E-state index contributed by atoms with van der Waals surface area (Å²) in [4.78, 5) is 21.0. The summed E-state index contributed by atoms with van der Waals surface area (Å²) < 4.78 is 5.79. The first kappa shape index (κ1) is 21.0. The smallest absolute Gasteiger partial charge is 0.268 e. The Bertz CT molecular complexity index is 1040. The molecule has 10 heteroatoms. The van der Waals surface area contributed by atoms with Crippen LogP contribution in [0.5, 0.6) is 0 Å². The average Bonchev–Trinajstić information content (AvgIpc) is 3.46. The molecule has 0 saturated heterocycles. The van der Waals surface area contributed by atoms with E-state index in [1.54, 1.807) is 12.4 Å². The normalized spacial score (nSPS) is 18.5. The highest BCUT2D eigenvalue weighted by atomic mass is 16.4. The average molecular weight is 424 g/mol. The van der Waals surface area contributed by atoms with Gasteiger partial charge in [0, 0.05) is 36.7 Å². The lowest BCUT2D eigenvalue weighted by atomic mass is 10.1. The van der Waals surface area contributed by atoms with Gasteiger partial charge in [-0.25, -0.2) is 4.98 Å². The lowest BCUT2D eigenvalue weighted by Gasteiger charge is -2.08. The predicted molar refractivity (Wildman–Crippen MR) is 110 cm³/mol. The van der Waals surface area contributed by atoms with Crippen LogP contribution in [-0.4, -0.2) is 62.6 Å². The molecule has 1 fully saturated rings. The monoisotopic (exact) mass is 424 g/mol. The fourth-order valence-corrected chi connectivity index (χ4v) is 3.30. The molecule has 162 valence electrons. The molecule has 1 aromatic carbocycles. The van der Waals surface area contributed by atoms with Crippen LogP contribution in [0.3, 0.4) is 0 Å². The van der Waals surface area contributed by atoms with Crippen molar-refractivity contribution in [1.82, 2.24) is 30.8 Å². The second kappa shape index (κ2) is 9.29. The van der Waals surface area contributed by atoms with Crippen molar-refractivity contribution in [2.24, 2.45) is 5.92 Å². The molecule has 4 N–H and O–H groups in total. The first-order valence-electron chi connectivity index (χ1n) is 10.1. The van der Waals surface area contributed by atoms with E-state index < -0.39 is 12.7 Å². The molecule has 1 aliphatic carbocycles. The van der Waals surface area contributed by atoms with Crippen molar-refractivity contribution in [2.75, 3.05) is 20.2 Å². The van der Waals surface area contributed by atoms with Gasteiger partial charge < -0.3 is 25.3 Å². The summed E-state index contributed by atoms with van der Waals surface area (Å²) >= 11 is 0. The van der Waals surface area contributed by atoms with Crippen LogP contribution in [0, 0.1) is 5.92 Å². The highest BCUT2D eigenvalue weighted by molar-refractivity contribution is 5.82. The van der Waals surface area contributed by atoms with Crippen molar-refractivity contribution in [3.8, 4) is 23.0 Å². The van der Waals surface area contributed by atoms with E-state index >= 15 is 0 Å². The first-order valence-corrected chi connectivity index (χ1v) is 10.1. The summed E-state index contributed by atoms with van der Waals surface area (Å²) in [5.74, 6) is 0.192. The first-order chi connectivity index (χ1) is 15.1. The number of rotatable bonds is 9. The zero-order chi connectivity index (χ0) is 21.8. The summed E-state index contributed by atoms with van der Waals surface area (Å²) in [5.41, 5.74) is 3.09. The van der Waals surface area contributed by atoms with Gasteiger partial charge in [0.2, 0.25) is 11.8 Å². The van der Waals surface area contributed by atoms with Crippen LogP contribution < -0.4 is 10.6 Å². The van der Waals surface area contributed by atoms with E-state index in [9.17, 15) is 9.90 Å². The number of nitrogens with one attached hydrogen (secondary N) is 2. The van der Waals surface area contributed by atoms with Gasteiger partial charge >= 0.3 is 0 Å².